The van der Waals surface area contributed by atoms with Crippen molar-refractivity contribution >= 4 is 11.9 Å². The molecule has 0 aliphatic carbocycles. The monoisotopic (exact) mass is 1040 g/mol. The zero-order valence-corrected chi connectivity index (χ0v) is 47.5. The van der Waals surface area contributed by atoms with Crippen molar-refractivity contribution in [3.63, 3.8) is 0 Å². The SMILES string of the molecule is CCCCC/C=C\C/C=C\CCCCCCCCCCC(O)C(=O)NC(COC1OC(CO)C(O)C(O)C1OC(=O)CCCCCCCC/C=C/C=C/CCCCC)C(O)/C=C/CCCCCCCCCCCC. The first kappa shape index (κ1) is 69.4. The molecule has 1 aliphatic heterocycles. The highest BCUT2D eigenvalue weighted by molar-refractivity contribution is 5.80. The molecule has 1 saturated heterocycles. The van der Waals surface area contributed by atoms with Crippen LogP contribution >= 0.6 is 0 Å². The molecule has 1 amide bonds. The van der Waals surface area contributed by atoms with Gasteiger partial charge in [0.25, 0.3) is 0 Å². The fourth-order valence-electron chi connectivity index (χ4n) is 9.26. The normalized spacial score (nSPS) is 19.7. The smallest absolute Gasteiger partial charge is 0.306 e. The summed E-state index contributed by atoms with van der Waals surface area (Å²) in [4.78, 5) is 26.5. The van der Waals surface area contributed by atoms with Crippen molar-refractivity contribution in [2.75, 3.05) is 13.2 Å². The lowest BCUT2D eigenvalue weighted by Crippen LogP contribution is -2.61. The molecule has 0 aromatic rings. The summed E-state index contributed by atoms with van der Waals surface area (Å²) in [6.07, 6.45) is 52.5. The molecule has 0 saturated carbocycles. The molecule has 11 nitrogen and oxygen atoms in total. The summed E-state index contributed by atoms with van der Waals surface area (Å²) < 4.78 is 17.6. The summed E-state index contributed by atoms with van der Waals surface area (Å²) in [5.41, 5.74) is 0. The lowest BCUT2D eigenvalue weighted by molar-refractivity contribution is -0.305. The van der Waals surface area contributed by atoms with Crippen molar-refractivity contribution in [1.82, 2.24) is 5.32 Å². The Bertz CT molecular complexity index is 1430. The van der Waals surface area contributed by atoms with Crippen molar-refractivity contribution in [2.24, 2.45) is 0 Å². The molecule has 8 unspecified atom stereocenters. The van der Waals surface area contributed by atoms with Crippen molar-refractivity contribution in [1.29, 1.82) is 0 Å². The molecule has 0 aromatic heterocycles. The summed E-state index contributed by atoms with van der Waals surface area (Å²) >= 11 is 0. The van der Waals surface area contributed by atoms with Crippen LogP contribution in [-0.2, 0) is 23.8 Å². The van der Waals surface area contributed by atoms with Crippen LogP contribution in [0, 0.1) is 0 Å². The van der Waals surface area contributed by atoms with Crippen LogP contribution in [0.25, 0.3) is 0 Å². The number of aliphatic hydroxyl groups is 5. The second-order valence-corrected chi connectivity index (χ2v) is 21.1. The van der Waals surface area contributed by atoms with Gasteiger partial charge in [-0.15, -0.1) is 0 Å². The highest BCUT2D eigenvalue weighted by atomic mass is 16.7. The van der Waals surface area contributed by atoms with E-state index in [1.807, 2.05) is 6.08 Å². The molecule has 1 aliphatic rings. The van der Waals surface area contributed by atoms with E-state index in [0.717, 1.165) is 96.3 Å². The molecule has 1 heterocycles. The van der Waals surface area contributed by atoms with E-state index in [0.29, 0.717) is 12.8 Å². The van der Waals surface area contributed by atoms with Crippen LogP contribution in [0.3, 0.4) is 0 Å². The van der Waals surface area contributed by atoms with Gasteiger partial charge < -0.3 is 45.1 Å². The minimum absolute atomic E-state index is 0.109. The summed E-state index contributed by atoms with van der Waals surface area (Å²) in [5, 5.41) is 56.9. The molecule has 6 N–H and O–H groups in total. The van der Waals surface area contributed by atoms with E-state index in [1.165, 1.54) is 122 Å². The maximum Gasteiger partial charge on any atom is 0.306 e. The summed E-state index contributed by atoms with van der Waals surface area (Å²) in [5.74, 6) is -1.21. The standard InChI is InChI=1S/C63H113NO10/c1-4-7-10-13-16-19-22-25-27-28-29-31-32-35-38-41-44-47-50-56(67)62(71)64-54(55(66)49-46-43-40-37-34-24-21-18-15-12-9-6-3)53-72-63-61(60(70)59(69)57(52-65)73-63)74-58(68)51-48-45-42-39-36-33-30-26-23-20-17-14-11-8-5-2/h16-17,19-20,23,25-27,46,49,54-57,59-61,63,65-67,69-70H,4-15,18,21-22,24,28-45,47-48,50-53H2,1-3H3,(H,64,71)/b19-16-,20-17+,26-23+,27-25-,49-46+. The minimum atomic E-state index is -1.62. The van der Waals surface area contributed by atoms with Crippen LogP contribution < -0.4 is 5.32 Å². The van der Waals surface area contributed by atoms with Gasteiger partial charge in [0.1, 0.15) is 24.4 Å². The van der Waals surface area contributed by atoms with Crippen LogP contribution in [0.1, 0.15) is 265 Å². The number of aliphatic hydroxyl groups excluding tert-OH is 5. The number of amides is 1. The molecule has 8 atom stereocenters. The number of allylic oxidation sites excluding steroid dienone is 9. The fraction of sp³-hybridized carbons (Fsp3) is 0.810. The van der Waals surface area contributed by atoms with Gasteiger partial charge in [0, 0.05) is 6.42 Å². The Hall–Kier alpha value is -2.64. The number of esters is 1. The van der Waals surface area contributed by atoms with E-state index in [9.17, 15) is 35.1 Å². The zero-order chi connectivity index (χ0) is 54.0. The average Bonchev–Trinajstić information content (AvgIpc) is 3.40. The fourth-order valence-corrected chi connectivity index (χ4v) is 9.26. The number of carbonyl (C=O) groups excluding carboxylic acids is 2. The first-order chi connectivity index (χ1) is 36.2. The molecule has 0 aromatic carbocycles. The number of ether oxygens (including phenoxy) is 3. The topological polar surface area (TPSA) is 175 Å². The highest BCUT2D eigenvalue weighted by Crippen LogP contribution is 2.26. The van der Waals surface area contributed by atoms with E-state index < -0.39 is 67.4 Å². The van der Waals surface area contributed by atoms with Crippen molar-refractivity contribution in [3.05, 3.63) is 60.8 Å². The Balaban J connectivity index is 2.70. The third-order valence-corrected chi connectivity index (χ3v) is 14.2. The van der Waals surface area contributed by atoms with E-state index in [1.54, 1.807) is 6.08 Å². The third kappa shape index (κ3) is 38.8. The van der Waals surface area contributed by atoms with Crippen LogP contribution in [0.5, 0.6) is 0 Å². The number of nitrogens with one attached hydrogen (secondary N) is 1. The van der Waals surface area contributed by atoms with E-state index in [-0.39, 0.29) is 19.4 Å². The van der Waals surface area contributed by atoms with Crippen LogP contribution in [0.2, 0.25) is 0 Å². The van der Waals surface area contributed by atoms with Gasteiger partial charge >= 0.3 is 5.97 Å². The highest BCUT2D eigenvalue weighted by Gasteiger charge is 2.47. The molecular formula is C63H113NO10. The molecular weight excluding hydrogens is 931 g/mol. The Labute approximate surface area is 452 Å². The van der Waals surface area contributed by atoms with Crippen LogP contribution in [0.15, 0.2) is 60.8 Å². The van der Waals surface area contributed by atoms with Crippen molar-refractivity contribution < 1.29 is 49.3 Å². The van der Waals surface area contributed by atoms with Gasteiger partial charge in [0.15, 0.2) is 12.4 Å². The predicted octanol–water partition coefficient (Wildman–Crippen LogP) is 14.2. The lowest BCUT2D eigenvalue weighted by Gasteiger charge is -2.41. The zero-order valence-electron chi connectivity index (χ0n) is 47.5. The number of unbranched alkanes of at least 4 members (excludes halogenated alkanes) is 30. The van der Waals surface area contributed by atoms with Crippen molar-refractivity contribution in [2.45, 2.75) is 314 Å². The second-order valence-electron chi connectivity index (χ2n) is 21.1. The molecule has 0 spiro atoms. The van der Waals surface area contributed by atoms with Gasteiger partial charge in [0.05, 0.1) is 25.4 Å². The van der Waals surface area contributed by atoms with Gasteiger partial charge in [0.2, 0.25) is 5.91 Å². The molecule has 11 heteroatoms. The number of hydrogen-bond donors (Lipinski definition) is 6. The van der Waals surface area contributed by atoms with Crippen LogP contribution in [-0.4, -0.2) is 99.6 Å². The second kappa shape index (κ2) is 51.1. The summed E-state index contributed by atoms with van der Waals surface area (Å²) in [7, 11) is 0. The quantitative estimate of drug-likeness (QED) is 0.0149. The summed E-state index contributed by atoms with van der Waals surface area (Å²) in [6, 6.07) is -1.03. The minimum Gasteiger partial charge on any atom is -0.454 e. The molecule has 430 valence electrons. The van der Waals surface area contributed by atoms with Crippen molar-refractivity contribution in [3.8, 4) is 0 Å². The van der Waals surface area contributed by atoms with Gasteiger partial charge in [-0.2, -0.15) is 0 Å². The predicted molar refractivity (Wildman–Crippen MR) is 306 cm³/mol. The van der Waals surface area contributed by atoms with E-state index in [4.69, 9.17) is 14.2 Å². The van der Waals surface area contributed by atoms with Gasteiger partial charge in [-0.05, 0) is 83.5 Å². The van der Waals surface area contributed by atoms with Gasteiger partial charge in [-0.3, -0.25) is 9.59 Å². The Morgan fingerprint density at radius 3 is 1.49 bits per heavy atom. The Kier molecular flexibility index (Phi) is 47.9. The number of hydrogen-bond acceptors (Lipinski definition) is 10. The third-order valence-electron chi connectivity index (χ3n) is 14.2. The maximum absolute atomic E-state index is 13.4. The molecule has 74 heavy (non-hydrogen) atoms. The lowest BCUT2D eigenvalue weighted by atomic mass is 9.99. The Morgan fingerprint density at radius 1 is 0.541 bits per heavy atom. The van der Waals surface area contributed by atoms with Gasteiger partial charge in [-0.25, -0.2) is 0 Å². The van der Waals surface area contributed by atoms with Gasteiger partial charge in [-0.1, -0.05) is 236 Å². The maximum atomic E-state index is 13.4. The largest absolute Gasteiger partial charge is 0.454 e. The first-order valence-corrected chi connectivity index (χ1v) is 30.6. The number of rotatable bonds is 51. The molecule has 0 bridgehead atoms. The van der Waals surface area contributed by atoms with E-state index >= 15 is 0 Å². The number of carbonyl (C=O) groups is 2. The Morgan fingerprint density at radius 2 is 0.973 bits per heavy atom. The molecule has 1 fully saturated rings. The summed E-state index contributed by atoms with van der Waals surface area (Å²) in [6.45, 7) is 5.72. The molecule has 1 rings (SSSR count). The average molecular weight is 1040 g/mol. The van der Waals surface area contributed by atoms with E-state index in [2.05, 4.69) is 74.7 Å². The molecule has 0 radical (unpaired) electrons. The first-order valence-electron chi connectivity index (χ1n) is 30.6. The van der Waals surface area contributed by atoms with Crippen LogP contribution in [0.4, 0.5) is 0 Å².